The molecule has 25 heavy (non-hydrogen) atoms. The summed E-state index contributed by atoms with van der Waals surface area (Å²) in [4.78, 5) is 38.6. The lowest BCUT2D eigenvalue weighted by molar-refractivity contribution is 0.0979. The van der Waals surface area contributed by atoms with Crippen molar-refractivity contribution < 1.29 is 14.4 Å². The van der Waals surface area contributed by atoms with E-state index in [1.165, 1.54) is 23.5 Å². The first kappa shape index (κ1) is 15.3. The monoisotopic (exact) mass is 348 g/mol. The molecular weight excluding hydrogens is 336 g/mol. The number of nitrogens with two attached hydrogens (primary N) is 1. The first-order valence-corrected chi connectivity index (χ1v) is 8.41. The van der Waals surface area contributed by atoms with E-state index in [-0.39, 0.29) is 40.0 Å². The Labute approximate surface area is 147 Å². The Balaban J connectivity index is 1.86. The van der Waals surface area contributed by atoms with Crippen molar-refractivity contribution in [1.82, 2.24) is 0 Å². The second-order valence-corrected chi connectivity index (χ2v) is 6.54. The topological polar surface area (TPSA) is 89.3 Å². The lowest BCUT2D eigenvalue weighted by atomic mass is 9.83. The summed E-state index contributed by atoms with van der Waals surface area (Å²) < 4.78 is 0. The molecule has 0 fully saturated rings. The van der Waals surface area contributed by atoms with Crippen LogP contribution < -0.4 is 11.1 Å². The van der Waals surface area contributed by atoms with Crippen LogP contribution in [0.4, 0.5) is 11.4 Å². The third-order valence-corrected chi connectivity index (χ3v) is 4.98. The maximum atomic E-state index is 12.9. The van der Waals surface area contributed by atoms with Crippen molar-refractivity contribution >= 4 is 40.2 Å². The molecule has 0 radical (unpaired) electrons. The zero-order chi connectivity index (χ0) is 17.6. The average Bonchev–Trinajstić information content (AvgIpc) is 3.16. The summed E-state index contributed by atoms with van der Waals surface area (Å²) in [7, 11) is 0. The molecule has 1 aliphatic carbocycles. The van der Waals surface area contributed by atoms with E-state index in [1.54, 1.807) is 41.8 Å². The number of thiophene rings is 1. The van der Waals surface area contributed by atoms with E-state index in [0.29, 0.717) is 16.0 Å². The van der Waals surface area contributed by atoms with Gasteiger partial charge in [-0.1, -0.05) is 30.3 Å². The molecule has 1 amide bonds. The number of hydrogen-bond donors (Lipinski definition) is 2. The second kappa shape index (κ2) is 5.68. The third-order valence-electron chi connectivity index (χ3n) is 4.11. The molecule has 4 rings (SSSR count). The van der Waals surface area contributed by atoms with E-state index in [0.717, 1.165) is 0 Å². The number of anilines is 2. The highest BCUT2D eigenvalue weighted by Gasteiger charge is 2.32. The second-order valence-electron chi connectivity index (χ2n) is 5.59. The van der Waals surface area contributed by atoms with Gasteiger partial charge in [-0.25, -0.2) is 0 Å². The van der Waals surface area contributed by atoms with Crippen LogP contribution in [0.5, 0.6) is 0 Å². The van der Waals surface area contributed by atoms with Gasteiger partial charge in [-0.3, -0.25) is 14.4 Å². The van der Waals surface area contributed by atoms with Crippen LogP contribution in [0.3, 0.4) is 0 Å². The molecule has 0 bridgehead atoms. The quantitative estimate of drug-likeness (QED) is 0.544. The molecule has 0 unspecified atom stereocenters. The molecule has 1 heterocycles. The minimum absolute atomic E-state index is 0.147. The molecule has 0 saturated heterocycles. The molecular formula is C19H12N2O3S. The van der Waals surface area contributed by atoms with Gasteiger partial charge in [-0.2, -0.15) is 0 Å². The Morgan fingerprint density at radius 2 is 1.60 bits per heavy atom. The van der Waals surface area contributed by atoms with Gasteiger partial charge in [-0.05, 0) is 23.6 Å². The van der Waals surface area contributed by atoms with E-state index in [9.17, 15) is 14.4 Å². The number of benzene rings is 2. The highest BCUT2D eigenvalue weighted by molar-refractivity contribution is 7.12. The molecule has 0 atom stereocenters. The summed E-state index contributed by atoms with van der Waals surface area (Å²) in [5.74, 6) is -0.940. The minimum Gasteiger partial charge on any atom is -0.397 e. The van der Waals surface area contributed by atoms with Crippen molar-refractivity contribution in [1.29, 1.82) is 0 Å². The lowest BCUT2D eigenvalue weighted by Crippen LogP contribution is -2.24. The fourth-order valence-electron chi connectivity index (χ4n) is 2.92. The van der Waals surface area contributed by atoms with Gasteiger partial charge < -0.3 is 11.1 Å². The Morgan fingerprint density at radius 3 is 2.28 bits per heavy atom. The number of rotatable bonds is 2. The Morgan fingerprint density at radius 1 is 0.880 bits per heavy atom. The van der Waals surface area contributed by atoms with Crippen molar-refractivity contribution in [2.24, 2.45) is 0 Å². The van der Waals surface area contributed by atoms with Gasteiger partial charge in [0, 0.05) is 16.7 Å². The van der Waals surface area contributed by atoms with E-state index in [4.69, 9.17) is 5.73 Å². The third kappa shape index (κ3) is 2.35. The first-order chi connectivity index (χ1) is 12.1. The van der Waals surface area contributed by atoms with Crippen molar-refractivity contribution in [2.45, 2.75) is 0 Å². The van der Waals surface area contributed by atoms with E-state index in [1.807, 2.05) is 0 Å². The van der Waals surface area contributed by atoms with Gasteiger partial charge in [0.2, 0.25) is 0 Å². The molecule has 0 spiro atoms. The summed E-state index contributed by atoms with van der Waals surface area (Å²) in [6.45, 7) is 0. The largest absolute Gasteiger partial charge is 0.397 e. The molecule has 6 heteroatoms. The number of nitrogens with one attached hydrogen (secondary N) is 1. The number of hydrogen-bond acceptors (Lipinski definition) is 5. The van der Waals surface area contributed by atoms with Crippen molar-refractivity contribution in [3.63, 3.8) is 0 Å². The Kier molecular flexibility index (Phi) is 3.47. The van der Waals surface area contributed by atoms with Crippen molar-refractivity contribution in [3.05, 3.63) is 81.0 Å². The molecule has 0 saturated carbocycles. The van der Waals surface area contributed by atoms with Gasteiger partial charge in [0.25, 0.3) is 5.91 Å². The summed E-state index contributed by atoms with van der Waals surface area (Å²) in [6, 6.07) is 13.1. The maximum Gasteiger partial charge on any atom is 0.265 e. The van der Waals surface area contributed by atoms with E-state index < -0.39 is 0 Å². The number of ketones is 2. The van der Waals surface area contributed by atoms with Crippen molar-refractivity contribution in [2.75, 3.05) is 11.1 Å². The molecule has 1 aliphatic rings. The Hall–Kier alpha value is -3.25. The molecule has 2 aromatic carbocycles. The van der Waals surface area contributed by atoms with Crippen LogP contribution in [0, 0.1) is 0 Å². The number of nitrogen functional groups attached to an aromatic ring is 1. The smallest absolute Gasteiger partial charge is 0.265 e. The van der Waals surface area contributed by atoms with E-state index >= 15 is 0 Å². The highest BCUT2D eigenvalue weighted by atomic mass is 32.1. The van der Waals surface area contributed by atoms with Gasteiger partial charge in [0.15, 0.2) is 11.6 Å². The van der Waals surface area contributed by atoms with Crippen LogP contribution in [-0.4, -0.2) is 17.5 Å². The van der Waals surface area contributed by atoms with Gasteiger partial charge in [0.1, 0.15) is 0 Å². The van der Waals surface area contributed by atoms with Gasteiger partial charge >= 0.3 is 0 Å². The van der Waals surface area contributed by atoms with Crippen LogP contribution in [0.25, 0.3) is 0 Å². The van der Waals surface area contributed by atoms with Crippen LogP contribution in [0.1, 0.15) is 41.5 Å². The molecule has 5 nitrogen and oxygen atoms in total. The minimum atomic E-state index is -0.366. The molecule has 3 N–H and O–H groups in total. The number of carbonyl (C=O) groups is 3. The fraction of sp³-hybridized carbons (Fsp3) is 0. The van der Waals surface area contributed by atoms with Crippen LogP contribution in [0.15, 0.2) is 53.9 Å². The fourth-order valence-corrected chi connectivity index (χ4v) is 3.54. The molecule has 0 aliphatic heterocycles. The number of fused-ring (bicyclic) bond motifs is 2. The number of amides is 1. The highest BCUT2D eigenvalue weighted by Crippen LogP contribution is 2.35. The normalized spacial score (nSPS) is 12.5. The number of carbonyl (C=O) groups excluding carboxylic acids is 3. The lowest BCUT2D eigenvalue weighted by Gasteiger charge is -2.21. The average molecular weight is 348 g/mol. The van der Waals surface area contributed by atoms with Crippen molar-refractivity contribution in [3.8, 4) is 0 Å². The van der Waals surface area contributed by atoms with Crippen LogP contribution in [-0.2, 0) is 0 Å². The van der Waals surface area contributed by atoms with Crippen LogP contribution in [0.2, 0.25) is 0 Å². The summed E-state index contributed by atoms with van der Waals surface area (Å²) in [5, 5.41) is 4.48. The maximum absolute atomic E-state index is 12.9. The Bertz CT molecular complexity index is 1040. The first-order valence-electron chi connectivity index (χ1n) is 7.53. The predicted octanol–water partition coefficient (Wildman–Crippen LogP) is 3.36. The molecule has 122 valence electrons. The predicted molar refractivity (Wildman–Crippen MR) is 96.4 cm³/mol. The van der Waals surface area contributed by atoms with Gasteiger partial charge in [-0.15, -0.1) is 11.3 Å². The molecule has 1 aromatic heterocycles. The van der Waals surface area contributed by atoms with Crippen LogP contribution >= 0.6 is 11.3 Å². The SMILES string of the molecule is Nc1ccc2c(c1NC(=O)c1cccs1)C(=O)c1ccccc1C2=O. The summed E-state index contributed by atoms with van der Waals surface area (Å²) in [5.41, 5.74) is 7.50. The molecule has 3 aromatic rings. The van der Waals surface area contributed by atoms with E-state index in [2.05, 4.69) is 5.32 Å². The summed E-state index contributed by atoms with van der Waals surface area (Å²) >= 11 is 1.28. The zero-order valence-corrected chi connectivity index (χ0v) is 13.7. The summed E-state index contributed by atoms with van der Waals surface area (Å²) in [6.07, 6.45) is 0. The van der Waals surface area contributed by atoms with Gasteiger partial charge in [0.05, 0.1) is 21.8 Å². The standard InChI is InChI=1S/C19H12N2O3S/c20-13-8-7-12-15(16(13)21-19(24)14-6-3-9-25-14)18(23)11-5-2-1-4-10(11)17(12)22/h1-9H,20H2,(H,21,24). The zero-order valence-electron chi connectivity index (χ0n) is 12.9.